The van der Waals surface area contributed by atoms with Crippen molar-refractivity contribution in [2.45, 2.75) is 12.5 Å². The van der Waals surface area contributed by atoms with E-state index in [1.165, 1.54) is 0 Å². The van der Waals surface area contributed by atoms with Crippen LogP contribution in [0.15, 0.2) is 30.3 Å². The summed E-state index contributed by atoms with van der Waals surface area (Å²) >= 11 is 0. The predicted molar refractivity (Wildman–Crippen MR) is 56.7 cm³/mol. The molecule has 0 saturated heterocycles. The highest BCUT2D eigenvalue weighted by molar-refractivity contribution is 5.69. The van der Waals surface area contributed by atoms with Gasteiger partial charge >= 0.3 is 5.97 Å². The molecule has 0 bridgehead atoms. The van der Waals surface area contributed by atoms with E-state index in [-0.39, 0.29) is 19.2 Å². The maximum atomic E-state index is 10.3. The number of rotatable bonds is 6. The van der Waals surface area contributed by atoms with E-state index in [4.69, 9.17) is 10.2 Å². The van der Waals surface area contributed by atoms with Crippen LogP contribution in [0.1, 0.15) is 5.56 Å². The fraction of sp³-hybridized carbons (Fsp3) is 0.364. The zero-order chi connectivity index (χ0) is 11.1. The Kier molecular flexibility index (Phi) is 4.80. The van der Waals surface area contributed by atoms with Crippen LogP contribution in [0, 0.1) is 0 Å². The second-order valence-corrected chi connectivity index (χ2v) is 3.34. The van der Waals surface area contributed by atoms with Crippen LogP contribution in [0.5, 0.6) is 0 Å². The smallest absolute Gasteiger partial charge is 0.317 e. The molecule has 4 nitrogen and oxygen atoms in total. The molecule has 0 aliphatic carbocycles. The highest BCUT2D eigenvalue weighted by atomic mass is 16.4. The highest BCUT2D eigenvalue weighted by Gasteiger charge is 2.08. The van der Waals surface area contributed by atoms with Gasteiger partial charge in [-0.25, -0.2) is 0 Å². The normalized spacial score (nSPS) is 12.3. The molecule has 0 saturated carbocycles. The van der Waals surface area contributed by atoms with E-state index < -0.39 is 5.97 Å². The number of nitrogens with one attached hydrogen (secondary N) is 1. The molecule has 3 N–H and O–H groups in total. The van der Waals surface area contributed by atoms with Gasteiger partial charge in [0.05, 0.1) is 13.2 Å². The van der Waals surface area contributed by atoms with Gasteiger partial charge in [-0.15, -0.1) is 0 Å². The first-order valence-electron chi connectivity index (χ1n) is 4.82. The first-order valence-corrected chi connectivity index (χ1v) is 4.82. The SMILES string of the molecule is O=C(O)CNC(CO)Cc1ccccc1. The molecule has 1 unspecified atom stereocenters. The fourth-order valence-electron chi connectivity index (χ4n) is 1.33. The Labute approximate surface area is 88.6 Å². The molecule has 0 aliphatic rings. The molecular weight excluding hydrogens is 194 g/mol. The lowest BCUT2D eigenvalue weighted by Crippen LogP contribution is -2.37. The number of carboxylic acid groups (broad SMARTS) is 1. The summed E-state index contributed by atoms with van der Waals surface area (Å²) in [7, 11) is 0. The highest BCUT2D eigenvalue weighted by Crippen LogP contribution is 2.02. The van der Waals surface area contributed by atoms with Crippen molar-refractivity contribution in [1.29, 1.82) is 0 Å². The molecular formula is C11H15NO3. The van der Waals surface area contributed by atoms with Gasteiger partial charge in [-0.1, -0.05) is 30.3 Å². The molecule has 15 heavy (non-hydrogen) atoms. The summed E-state index contributed by atoms with van der Waals surface area (Å²) in [6.07, 6.45) is 0.630. The standard InChI is InChI=1S/C11H15NO3/c13-8-10(12-7-11(14)15)6-9-4-2-1-3-5-9/h1-5,10,12-13H,6-8H2,(H,14,15). The lowest BCUT2D eigenvalue weighted by Gasteiger charge is -2.14. The van der Waals surface area contributed by atoms with Crippen molar-refractivity contribution in [3.05, 3.63) is 35.9 Å². The van der Waals surface area contributed by atoms with E-state index in [2.05, 4.69) is 5.32 Å². The number of aliphatic hydroxyl groups excluding tert-OH is 1. The zero-order valence-electron chi connectivity index (χ0n) is 8.39. The van der Waals surface area contributed by atoms with Crippen LogP contribution in [0.4, 0.5) is 0 Å². The van der Waals surface area contributed by atoms with Crippen molar-refractivity contribution in [2.24, 2.45) is 0 Å². The molecule has 0 radical (unpaired) electrons. The van der Waals surface area contributed by atoms with Gasteiger partial charge in [0, 0.05) is 6.04 Å². The summed E-state index contributed by atoms with van der Waals surface area (Å²) in [5.41, 5.74) is 1.08. The van der Waals surface area contributed by atoms with Gasteiger partial charge in [0.1, 0.15) is 0 Å². The number of hydrogen-bond acceptors (Lipinski definition) is 3. The van der Waals surface area contributed by atoms with Crippen molar-refractivity contribution in [2.75, 3.05) is 13.2 Å². The van der Waals surface area contributed by atoms with Crippen LogP contribution < -0.4 is 5.32 Å². The molecule has 0 amide bonds. The van der Waals surface area contributed by atoms with Crippen molar-refractivity contribution < 1.29 is 15.0 Å². The molecule has 4 heteroatoms. The van der Waals surface area contributed by atoms with E-state index in [0.717, 1.165) is 5.56 Å². The summed E-state index contributed by atoms with van der Waals surface area (Å²) < 4.78 is 0. The first kappa shape index (κ1) is 11.7. The van der Waals surface area contributed by atoms with Crippen LogP contribution in [-0.2, 0) is 11.2 Å². The van der Waals surface area contributed by atoms with Crippen LogP contribution in [0.3, 0.4) is 0 Å². The summed E-state index contributed by atoms with van der Waals surface area (Å²) in [6.45, 7) is -0.194. The molecule has 0 aliphatic heterocycles. The van der Waals surface area contributed by atoms with Crippen LogP contribution in [0.2, 0.25) is 0 Å². The molecule has 0 spiro atoms. The Bertz CT molecular complexity index is 300. The summed E-state index contributed by atoms with van der Waals surface area (Å²) in [5.74, 6) is -0.915. The van der Waals surface area contributed by atoms with Crippen molar-refractivity contribution in [3.63, 3.8) is 0 Å². The lowest BCUT2D eigenvalue weighted by atomic mass is 10.1. The molecule has 1 atom stereocenters. The van der Waals surface area contributed by atoms with Gasteiger partial charge in [0.2, 0.25) is 0 Å². The van der Waals surface area contributed by atoms with Crippen molar-refractivity contribution >= 4 is 5.97 Å². The number of aliphatic carboxylic acids is 1. The zero-order valence-corrected chi connectivity index (χ0v) is 8.39. The summed E-state index contributed by atoms with van der Waals surface area (Å²) in [6, 6.07) is 9.45. The second-order valence-electron chi connectivity index (χ2n) is 3.34. The van der Waals surface area contributed by atoms with E-state index in [9.17, 15) is 4.79 Å². The number of aliphatic hydroxyl groups is 1. The minimum Gasteiger partial charge on any atom is -0.480 e. The van der Waals surface area contributed by atoms with Crippen LogP contribution >= 0.6 is 0 Å². The van der Waals surface area contributed by atoms with Crippen LogP contribution in [-0.4, -0.2) is 35.4 Å². The van der Waals surface area contributed by atoms with Crippen LogP contribution in [0.25, 0.3) is 0 Å². The maximum absolute atomic E-state index is 10.3. The van der Waals surface area contributed by atoms with E-state index in [1.54, 1.807) is 0 Å². The number of carboxylic acids is 1. The quantitative estimate of drug-likeness (QED) is 0.628. The van der Waals surface area contributed by atoms with Gasteiger partial charge < -0.3 is 15.5 Å². The third-order valence-corrected chi connectivity index (χ3v) is 2.09. The minimum atomic E-state index is -0.915. The maximum Gasteiger partial charge on any atom is 0.317 e. The lowest BCUT2D eigenvalue weighted by molar-refractivity contribution is -0.136. The minimum absolute atomic E-state index is 0.0673. The first-order chi connectivity index (χ1) is 7.22. The van der Waals surface area contributed by atoms with Gasteiger partial charge in [-0.2, -0.15) is 0 Å². The van der Waals surface area contributed by atoms with Gasteiger partial charge in [0.25, 0.3) is 0 Å². The Morgan fingerprint density at radius 3 is 2.53 bits per heavy atom. The van der Waals surface area contributed by atoms with Gasteiger partial charge in [-0.3, -0.25) is 4.79 Å². The number of hydrogen-bond donors (Lipinski definition) is 3. The average molecular weight is 209 g/mol. The Balaban J connectivity index is 2.43. The summed E-state index contributed by atoms with van der Waals surface area (Å²) in [5, 5.41) is 20.3. The van der Waals surface area contributed by atoms with E-state index in [1.807, 2.05) is 30.3 Å². The molecule has 1 aromatic rings. The Morgan fingerprint density at radius 1 is 1.33 bits per heavy atom. The topological polar surface area (TPSA) is 69.6 Å². The van der Waals surface area contributed by atoms with E-state index >= 15 is 0 Å². The van der Waals surface area contributed by atoms with E-state index in [0.29, 0.717) is 6.42 Å². The van der Waals surface area contributed by atoms with Gasteiger partial charge in [-0.05, 0) is 12.0 Å². The molecule has 0 heterocycles. The molecule has 1 rings (SSSR count). The third-order valence-electron chi connectivity index (χ3n) is 2.09. The molecule has 1 aromatic carbocycles. The molecule has 0 aromatic heterocycles. The van der Waals surface area contributed by atoms with Crippen molar-refractivity contribution in [1.82, 2.24) is 5.32 Å². The number of benzene rings is 1. The predicted octanol–water partition coefficient (Wildman–Crippen LogP) is 0.264. The van der Waals surface area contributed by atoms with Crippen molar-refractivity contribution in [3.8, 4) is 0 Å². The second kappa shape index (κ2) is 6.16. The largest absolute Gasteiger partial charge is 0.480 e. The molecule has 0 fully saturated rings. The average Bonchev–Trinajstić information content (AvgIpc) is 2.25. The Morgan fingerprint density at radius 2 is 2.00 bits per heavy atom. The third kappa shape index (κ3) is 4.58. The summed E-state index contributed by atoms with van der Waals surface area (Å²) in [4.78, 5) is 10.3. The fourth-order valence-corrected chi connectivity index (χ4v) is 1.33. The molecule has 82 valence electrons. The number of carbonyl (C=O) groups is 1. The van der Waals surface area contributed by atoms with Gasteiger partial charge in [0.15, 0.2) is 0 Å². The monoisotopic (exact) mass is 209 g/mol. The Hall–Kier alpha value is -1.39.